The van der Waals surface area contributed by atoms with E-state index in [0.29, 0.717) is 17.2 Å². The van der Waals surface area contributed by atoms with Gasteiger partial charge in [-0.15, -0.1) is 0 Å². The lowest BCUT2D eigenvalue weighted by molar-refractivity contribution is 0.0697. The maximum Gasteiger partial charge on any atom is 0.363 e. The molecule has 0 atom stereocenters. The second-order valence-electron chi connectivity index (χ2n) is 4.03. The van der Waals surface area contributed by atoms with Crippen LogP contribution in [-0.4, -0.2) is 26.3 Å². The first-order valence-corrected chi connectivity index (χ1v) is 5.51. The molecule has 2 rings (SSSR count). The highest BCUT2D eigenvalue weighted by Gasteiger charge is 2.09. The second kappa shape index (κ2) is 4.89. The van der Waals surface area contributed by atoms with Gasteiger partial charge in [0.05, 0.1) is 5.56 Å². The number of benzene rings is 1. The minimum atomic E-state index is -1.02. The van der Waals surface area contributed by atoms with Gasteiger partial charge in [-0.3, -0.25) is 0 Å². The number of aromatic carboxylic acids is 1. The van der Waals surface area contributed by atoms with Crippen LogP contribution in [-0.2, 0) is 0 Å². The van der Waals surface area contributed by atoms with Crippen molar-refractivity contribution in [3.05, 3.63) is 45.5 Å². The van der Waals surface area contributed by atoms with E-state index < -0.39 is 11.7 Å². The number of rotatable bonds is 3. The Hall–Kier alpha value is -2.70. The van der Waals surface area contributed by atoms with E-state index in [1.807, 2.05) is 6.92 Å². The van der Waals surface area contributed by atoms with Gasteiger partial charge < -0.3 is 10.4 Å². The number of carbonyl (C=O) groups is 1. The van der Waals surface area contributed by atoms with Gasteiger partial charge in [-0.25, -0.2) is 14.7 Å². The van der Waals surface area contributed by atoms with Gasteiger partial charge in [0, 0.05) is 5.69 Å². The zero-order chi connectivity index (χ0) is 14.0. The van der Waals surface area contributed by atoms with Crippen molar-refractivity contribution >= 4 is 17.5 Å². The lowest BCUT2D eigenvalue weighted by Crippen LogP contribution is -2.16. The maximum absolute atomic E-state index is 11.1. The smallest absolute Gasteiger partial charge is 0.363 e. The summed E-state index contributed by atoms with van der Waals surface area (Å²) in [6.07, 6.45) is 0. The highest BCUT2D eigenvalue weighted by Crippen LogP contribution is 2.21. The van der Waals surface area contributed by atoms with Crippen LogP contribution in [0.3, 0.4) is 0 Å². The number of carboxylic acid groups (broad SMARTS) is 1. The quantitative estimate of drug-likeness (QED) is 0.765. The third kappa shape index (κ3) is 2.76. The molecule has 0 bridgehead atoms. The number of nitrogens with zero attached hydrogens (tertiary/aromatic N) is 2. The van der Waals surface area contributed by atoms with E-state index in [2.05, 4.69) is 20.5 Å². The fraction of sp³-hybridized carbons (Fsp3) is 0.167. The molecule has 0 saturated carbocycles. The maximum atomic E-state index is 11.1. The van der Waals surface area contributed by atoms with E-state index >= 15 is 0 Å². The molecule has 1 aromatic carbocycles. The number of aromatic nitrogens is 3. The Labute approximate surface area is 108 Å². The van der Waals surface area contributed by atoms with Crippen molar-refractivity contribution in [1.29, 1.82) is 0 Å². The van der Waals surface area contributed by atoms with Gasteiger partial charge >= 0.3 is 11.7 Å². The number of carboxylic acids is 1. The summed E-state index contributed by atoms with van der Waals surface area (Å²) in [6.45, 7) is 3.51. The summed E-state index contributed by atoms with van der Waals surface area (Å²) in [5, 5.41) is 17.9. The SMILES string of the molecule is Cc1ccc(C(=O)O)cc1Nc1nc(=O)[nH]nc1C. The predicted octanol–water partition coefficient (Wildman–Crippen LogP) is 1.22. The Balaban J connectivity index is 2.42. The molecule has 0 amide bonds. The second-order valence-corrected chi connectivity index (χ2v) is 4.03. The van der Waals surface area contributed by atoms with Crippen LogP contribution in [0, 0.1) is 13.8 Å². The summed E-state index contributed by atoms with van der Waals surface area (Å²) in [6, 6.07) is 4.68. The Morgan fingerprint density at radius 3 is 2.79 bits per heavy atom. The van der Waals surface area contributed by atoms with Crippen LogP contribution in [0.4, 0.5) is 11.5 Å². The van der Waals surface area contributed by atoms with Gasteiger partial charge in [0.25, 0.3) is 0 Å². The molecule has 19 heavy (non-hydrogen) atoms. The monoisotopic (exact) mass is 260 g/mol. The number of aryl methyl sites for hydroxylation is 2. The fourth-order valence-corrected chi connectivity index (χ4v) is 1.53. The first kappa shape index (κ1) is 12.7. The van der Waals surface area contributed by atoms with Gasteiger partial charge in [0.15, 0.2) is 5.82 Å². The normalized spacial score (nSPS) is 10.2. The number of aromatic amines is 1. The molecule has 0 aliphatic carbocycles. The van der Waals surface area contributed by atoms with E-state index in [1.54, 1.807) is 13.0 Å². The van der Waals surface area contributed by atoms with Gasteiger partial charge in [-0.1, -0.05) is 6.07 Å². The van der Waals surface area contributed by atoms with Crippen LogP contribution in [0.2, 0.25) is 0 Å². The van der Waals surface area contributed by atoms with E-state index in [9.17, 15) is 9.59 Å². The van der Waals surface area contributed by atoms with Crippen LogP contribution < -0.4 is 11.0 Å². The molecule has 98 valence electrons. The van der Waals surface area contributed by atoms with E-state index in [-0.39, 0.29) is 5.56 Å². The molecule has 2 aromatic rings. The number of anilines is 2. The summed E-state index contributed by atoms with van der Waals surface area (Å²) in [7, 11) is 0. The molecule has 0 aliphatic rings. The summed E-state index contributed by atoms with van der Waals surface area (Å²) in [4.78, 5) is 25.8. The minimum Gasteiger partial charge on any atom is -0.478 e. The van der Waals surface area contributed by atoms with E-state index in [1.165, 1.54) is 12.1 Å². The van der Waals surface area contributed by atoms with Crippen molar-refractivity contribution in [3.63, 3.8) is 0 Å². The molecule has 1 aromatic heterocycles. The average Bonchev–Trinajstić information content (AvgIpc) is 2.36. The van der Waals surface area contributed by atoms with Gasteiger partial charge in [0.1, 0.15) is 5.69 Å². The summed E-state index contributed by atoms with van der Waals surface area (Å²) < 4.78 is 0. The molecule has 7 heteroatoms. The summed E-state index contributed by atoms with van der Waals surface area (Å²) >= 11 is 0. The molecule has 0 unspecified atom stereocenters. The Bertz CT molecular complexity index is 694. The van der Waals surface area contributed by atoms with E-state index in [4.69, 9.17) is 5.11 Å². The van der Waals surface area contributed by atoms with Crippen molar-refractivity contribution in [2.24, 2.45) is 0 Å². The molecule has 0 aliphatic heterocycles. The number of H-pyrrole nitrogens is 1. The lowest BCUT2D eigenvalue weighted by Gasteiger charge is -2.10. The Morgan fingerprint density at radius 1 is 1.37 bits per heavy atom. The van der Waals surface area contributed by atoms with E-state index in [0.717, 1.165) is 5.56 Å². The third-order valence-corrected chi connectivity index (χ3v) is 2.61. The van der Waals surface area contributed by atoms with Crippen LogP contribution >= 0.6 is 0 Å². The fourth-order valence-electron chi connectivity index (χ4n) is 1.53. The van der Waals surface area contributed by atoms with Crippen molar-refractivity contribution in [1.82, 2.24) is 15.2 Å². The van der Waals surface area contributed by atoms with Crippen molar-refractivity contribution in [3.8, 4) is 0 Å². The largest absolute Gasteiger partial charge is 0.478 e. The molecule has 3 N–H and O–H groups in total. The zero-order valence-corrected chi connectivity index (χ0v) is 10.4. The minimum absolute atomic E-state index is 0.156. The van der Waals surface area contributed by atoms with Crippen LogP contribution in [0.1, 0.15) is 21.6 Å². The highest BCUT2D eigenvalue weighted by molar-refractivity contribution is 5.89. The first-order valence-electron chi connectivity index (χ1n) is 5.51. The molecule has 0 fully saturated rings. The predicted molar refractivity (Wildman–Crippen MR) is 68.8 cm³/mol. The summed E-state index contributed by atoms with van der Waals surface area (Å²) in [5.41, 5.74) is 1.51. The Morgan fingerprint density at radius 2 is 2.11 bits per heavy atom. The highest BCUT2D eigenvalue weighted by atomic mass is 16.4. The number of hydrogen-bond donors (Lipinski definition) is 3. The third-order valence-electron chi connectivity index (χ3n) is 2.61. The standard InChI is InChI=1S/C12H12N4O3/c1-6-3-4-8(11(17)18)5-9(6)13-10-7(2)15-16-12(19)14-10/h3-5H,1-2H3,(H,17,18)(H2,13,14,16,19). The van der Waals surface area contributed by atoms with Crippen LogP contribution in [0.15, 0.2) is 23.0 Å². The first-order chi connectivity index (χ1) is 8.97. The number of nitrogens with one attached hydrogen (secondary N) is 2. The van der Waals surface area contributed by atoms with Crippen LogP contribution in [0.5, 0.6) is 0 Å². The topological polar surface area (TPSA) is 108 Å². The lowest BCUT2D eigenvalue weighted by atomic mass is 10.1. The Kier molecular flexibility index (Phi) is 3.28. The molecule has 0 saturated heterocycles. The van der Waals surface area contributed by atoms with Crippen LogP contribution in [0.25, 0.3) is 0 Å². The average molecular weight is 260 g/mol. The van der Waals surface area contributed by atoms with Gasteiger partial charge in [-0.05, 0) is 31.5 Å². The molecule has 0 radical (unpaired) electrons. The van der Waals surface area contributed by atoms with Crippen molar-refractivity contribution in [2.75, 3.05) is 5.32 Å². The molecule has 1 heterocycles. The molecular weight excluding hydrogens is 248 g/mol. The number of hydrogen-bond acceptors (Lipinski definition) is 5. The molecule has 7 nitrogen and oxygen atoms in total. The van der Waals surface area contributed by atoms with Gasteiger partial charge in [0.2, 0.25) is 0 Å². The molecule has 0 spiro atoms. The van der Waals surface area contributed by atoms with Crippen molar-refractivity contribution in [2.45, 2.75) is 13.8 Å². The molecular formula is C12H12N4O3. The summed E-state index contributed by atoms with van der Waals surface area (Å²) in [5.74, 6) is -0.717. The van der Waals surface area contributed by atoms with Gasteiger partial charge in [-0.2, -0.15) is 10.1 Å². The van der Waals surface area contributed by atoms with Crippen molar-refractivity contribution < 1.29 is 9.90 Å². The zero-order valence-electron chi connectivity index (χ0n) is 10.4.